The van der Waals surface area contributed by atoms with Crippen LogP contribution in [0.25, 0.3) is 5.76 Å². The summed E-state index contributed by atoms with van der Waals surface area (Å²) in [6, 6.07) is 23.6. The fraction of sp³-hybridized carbons (Fsp3) is 0.154. The summed E-state index contributed by atoms with van der Waals surface area (Å²) in [6.07, 6.45) is 0.608. The first-order valence-corrected chi connectivity index (χ1v) is 11.3. The molecule has 3 aromatic carbocycles. The Bertz CT molecular complexity index is 1150. The highest BCUT2D eigenvalue weighted by atomic mass is 127. The molecule has 0 spiro atoms. The van der Waals surface area contributed by atoms with E-state index in [1.807, 2.05) is 54.6 Å². The van der Waals surface area contributed by atoms with Gasteiger partial charge >= 0.3 is 0 Å². The zero-order valence-corrected chi connectivity index (χ0v) is 19.7. The third kappa shape index (κ3) is 4.41. The topological polar surface area (TPSA) is 66.8 Å². The smallest absolute Gasteiger partial charge is 0.295 e. The molecule has 1 unspecified atom stereocenters. The molecule has 1 fully saturated rings. The minimum absolute atomic E-state index is 0.106. The van der Waals surface area contributed by atoms with Crippen molar-refractivity contribution in [2.45, 2.75) is 12.5 Å². The van der Waals surface area contributed by atoms with Gasteiger partial charge in [0.15, 0.2) is 0 Å². The van der Waals surface area contributed by atoms with Gasteiger partial charge in [0.1, 0.15) is 11.5 Å². The molecule has 1 heterocycles. The van der Waals surface area contributed by atoms with Crippen molar-refractivity contribution in [3.8, 4) is 5.75 Å². The largest absolute Gasteiger partial charge is 0.507 e. The molecule has 0 saturated carbocycles. The minimum Gasteiger partial charge on any atom is -0.507 e. The fourth-order valence-corrected chi connectivity index (χ4v) is 4.26. The van der Waals surface area contributed by atoms with E-state index >= 15 is 0 Å². The number of ketones is 1. The van der Waals surface area contributed by atoms with Crippen molar-refractivity contribution < 1.29 is 19.4 Å². The number of aliphatic hydroxyl groups excluding tert-OH is 1. The van der Waals surface area contributed by atoms with Crippen LogP contribution in [0.1, 0.15) is 22.7 Å². The molecule has 1 saturated heterocycles. The highest BCUT2D eigenvalue weighted by Gasteiger charge is 2.45. The summed E-state index contributed by atoms with van der Waals surface area (Å²) in [5.41, 5.74) is 2.43. The molecule has 0 radical (unpaired) electrons. The van der Waals surface area contributed by atoms with Crippen LogP contribution in [0.3, 0.4) is 0 Å². The van der Waals surface area contributed by atoms with Crippen molar-refractivity contribution in [1.29, 1.82) is 0 Å². The van der Waals surface area contributed by atoms with Gasteiger partial charge in [0.2, 0.25) is 0 Å². The quantitative estimate of drug-likeness (QED) is 0.208. The van der Waals surface area contributed by atoms with Crippen LogP contribution in [0.15, 0.2) is 84.4 Å². The SMILES string of the molecule is COc1ccc(C(O)=C2C(=O)C(=O)N(CCc3ccccc3)C2c2ccc(I)cc2)cc1. The van der Waals surface area contributed by atoms with Gasteiger partial charge in [-0.2, -0.15) is 0 Å². The van der Waals surface area contributed by atoms with Crippen molar-refractivity contribution in [2.24, 2.45) is 0 Å². The predicted octanol–water partition coefficient (Wildman–Crippen LogP) is 4.96. The lowest BCUT2D eigenvalue weighted by Gasteiger charge is -2.25. The van der Waals surface area contributed by atoms with Crippen LogP contribution in [0.4, 0.5) is 0 Å². The summed E-state index contributed by atoms with van der Waals surface area (Å²) in [4.78, 5) is 27.7. The van der Waals surface area contributed by atoms with Crippen LogP contribution in [0.2, 0.25) is 0 Å². The van der Waals surface area contributed by atoms with Gasteiger partial charge in [0.05, 0.1) is 18.7 Å². The standard InChI is InChI=1S/C26H22INO4/c1-32-21-13-9-19(10-14-21)24(29)22-23(18-7-11-20(27)12-8-18)28(26(31)25(22)30)16-15-17-5-3-2-4-6-17/h2-14,23,29H,15-16H2,1H3. The number of carbonyl (C=O) groups excluding carboxylic acids is 2. The number of methoxy groups -OCH3 is 1. The molecule has 1 N–H and O–H groups in total. The van der Waals surface area contributed by atoms with Crippen molar-refractivity contribution in [3.05, 3.63) is 105 Å². The molecule has 4 rings (SSSR count). The highest BCUT2D eigenvalue weighted by Crippen LogP contribution is 2.39. The Morgan fingerprint density at radius 2 is 1.62 bits per heavy atom. The number of rotatable bonds is 6. The maximum Gasteiger partial charge on any atom is 0.295 e. The fourth-order valence-electron chi connectivity index (χ4n) is 3.90. The number of hydrogen-bond donors (Lipinski definition) is 1. The molecule has 162 valence electrons. The molecular formula is C26H22INO4. The number of hydrogen-bond acceptors (Lipinski definition) is 4. The second kappa shape index (κ2) is 9.56. The number of amides is 1. The first-order valence-electron chi connectivity index (χ1n) is 10.2. The van der Waals surface area contributed by atoms with Crippen molar-refractivity contribution in [2.75, 3.05) is 13.7 Å². The summed E-state index contributed by atoms with van der Waals surface area (Å²) < 4.78 is 6.22. The van der Waals surface area contributed by atoms with Crippen molar-refractivity contribution in [3.63, 3.8) is 0 Å². The molecule has 0 aromatic heterocycles. The van der Waals surface area contributed by atoms with E-state index in [1.54, 1.807) is 36.3 Å². The molecule has 0 aliphatic carbocycles. The highest BCUT2D eigenvalue weighted by molar-refractivity contribution is 14.1. The first kappa shape index (κ1) is 22.1. The average molecular weight is 539 g/mol. The summed E-state index contributed by atoms with van der Waals surface area (Å²) in [5, 5.41) is 11.1. The monoisotopic (exact) mass is 539 g/mol. The Kier molecular flexibility index (Phi) is 6.60. The lowest BCUT2D eigenvalue weighted by atomic mass is 9.95. The molecule has 3 aromatic rings. The van der Waals surface area contributed by atoms with Gasteiger partial charge in [-0.1, -0.05) is 42.5 Å². The van der Waals surface area contributed by atoms with E-state index in [9.17, 15) is 14.7 Å². The third-order valence-corrected chi connectivity index (χ3v) is 6.29. The van der Waals surface area contributed by atoms with E-state index in [1.165, 1.54) is 0 Å². The number of aliphatic hydroxyl groups is 1. The summed E-state index contributed by atoms with van der Waals surface area (Å²) in [5.74, 6) is -0.815. The van der Waals surface area contributed by atoms with E-state index in [0.29, 0.717) is 24.3 Å². The van der Waals surface area contributed by atoms with E-state index in [4.69, 9.17) is 4.74 Å². The number of nitrogens with zero attached hydrogens (tertiary/aromatic N) is 1. The Morgan fingerprint density at radius 3 is 2.25 bits per heavy atom. The first-order chi connectivity index (χ1) is 15.5. The van der Waals surface area contributed by atoms with Crippen LogP contribution in [-0.2, 0) is 16.0 Å². The molecule has 0 bridgehead atoms. The molecule has 1 aliphatic heterocycles. The minimum atomic E-state index is -0.671. The van der Waals surface area contributed by atoms with Gasteiger partial charge in [0.25, 0.3) is 11.7 Å². The van der Waals surface area contributed by atoms with Crippen molar-refractivity contribution >= 4 is 40.0 Å². The van der Waals surface area contributed by atoms with E-state index in [2.05, 4.69) is 22.6 Å². The number of carbonyl (C=O) groups is 2. The Morgan fingerprint density at radius 1 is 0.969 bits per heavy atom. The van der Waals surface area contributed by atoms with E-state index in [0.717, 1.165) is 14.7 Å². The number of likely N-dealkylation sites (tertiary alicyclic amines) is 1. The summed E-state index contributed by atoms with van der Waals surface area (Å²) in [7, 11) is 1.56. The van der Waals surface area contributed by atoms with Gasteiger partial charge in [0, 0.05) is 15.7 Å². The van der Waals surface area contributed by atoms with Crippen LogP contribution >= 0.6 is 22.6 Å². The molecule has 1 aliphatic rings. The van der Waals surface area contributed by atoms with Crippen LogP contribution in [0, 0.1) is 3.57 Å². The maximum atomic E-state index is 13.1. The number of halogens is 1. The second-order valence-electron chi connectivity index (χ2n) is 7.51. The molecular weight excluding hydrogens is 517 g/mol. The summed E-state index contributed by atoms with van der Waals surface area (Å²) >= 11 is 2.21. The average Bonchev–Trinajstić information content (AvgIpc) is 3.08. The lowest BCUT2D eigenvalue weighted by molar-refractivity contribution is -0.139. The zero-order valence-electron chi connectivity index (χ0n) is 17.5. The van der Waals surface area contributed by atoms with Gasteiger partial charge in [-0.25, -0.2) is 0 Å². The molecule has 6 heteroatoms. The third-order valence-electron chi connectivity index (χ3n) is 5.57. The van der Waals surface area contributed by atoms with Crippen molar-refractivity contribution in [1.82, 2.24) is 4.90 Å². The number of ether oxygens (including phenoxy) is 1. The molecule has 1 atom stereocenters. The van der Waals surface area contributed by atoms with E-state index in [-0.39, 0.29) is 11.3 Å². The van der Waals surface area contributed by atoms with Crippen LogP contribution in [-0.4, -0.2) is 35.4 Å². The van der Waals surface area contributed by atoms with Gasteiger partial charge in [-0.05, 0) is 76.5 Å². The zero-order chi connectivity index (χ0) is 22.7. The van der Waals surface area contributed by atoms with Gasteiger partial charge in [-0.3, -0.25) is 9.59 Å². The van der Waals surface area contributed by atoms with E-state index < -0.39 is 17.7 Å². The Hall–Kier alpha value is -3.13. The number of Topliss-reactive ketones (excluding diaryl/α,β-unsaturated/α-hetero) is 1. The van der Waals surface area contributed by atoms with Gasteiger partial charge in [-0.15, -0.1) is 0 Å². The Balaban J connectivity index is 1.77. The molecule has 1 amide bonds. The maximum absolute atomic E-state index is 13.1. The molecule has 5 nitrogen and oxygen atoms in total. The second-order valence-corrected chi connectivity index (χ2v) is 8.75. The Labute approximate surface area is 200 Å². The predicted molar refractivity (Wildman–Crippen MR) is 131 cm³/mol. The normalized spacial score (nSPS) is 17.6. The lowest BCUT2D eigenvalue weighted by Crippen LogP contribution is -2.31. The molecule has 32 heavy (non-hydrogen) atoms. The number of benzene rings is 3. The van der Waals surface area contributed by atoms with Gasteiger partial charge < -0.3 is 14.7 Å². The van der Waals surface area contributed by atoms with Crippen LogP contribution in [0.5, 0.6) is 5.75 Å². The summed E-state index contributed by atoms with van der Waals surface area (Å²) in [6.45, 7) is 0.366. The van der Waals surface area contributed by atoms with Crippen LogP contribution < -0.4 is 4.74 Å².